The molecule has 0 aliphatic heterocycles. The van der Waals surface area contributed by atoms with Gasteiger partial charge in [-0.25, -0.2) is 4.39 Å². The van der Waals surface area contributed by atoms with E-state index in [9.17, 15) is 9.18 Å². The Balaban J connectivity index is 0.000000249. The third kappa shape index (κ3) is 5.64. The number of aromatic amines is 1. The van der Waals surface area contributed by atoms with Crippen LogP contribution < -0.4 is 0 Å². The molecule has 1 atom stereocenters. The summed E-state index contributed by atoms with van der Waals surface area (Å²) >= 11 is 0. The largest absolute Gasteiger partial charge is 0.464 e. The van der Waals surface area contributed by atoms with E-state index in [1.54, 1.807) is 24.4 Å². The number of rotatable bonds is 5. The maximum atomic E-state index is 11.9. The molecule has 0 saturated heterocycles. The first-order chi connectivity index (χ1) is 11.7. The predicted molar refractivity (Wildman–Crippen MR) is 88.5 cm³/mol. The second-order valence-corrected chi connectivity index (χ2v) is 5.03. The summed E-state index contributed by atoms with van der Waals surface area (Å²) in [5.41, 5.74) is 2.55. The number of ether oxygens (including phenoxy) is 1. The van der Waals surface area contributed by atoms with E-state index in [-0.39, 0.29) is 11.9 Å². The molecule has 0 fully saturated rings. The number of pyridine rings is 1. The van der Waals surface area contributed by atoms with Crippen molar-refractivity contribution < 1.29 is 13.9 Å². The molecule has 2 aromatic heterocycles. The summed E-state index contributed by atoms with van der Waals surface area (Å²) in [5.74, 6) is -0.178. The SMILES string of the molecule is CC(Cc1cc(-c2ccccn2)[nH]n1)OC=O.Fc1ccccc1. The Morgan fingerprint density at radius 3 is 2.54 bits per heavy atom. The fraction of sp³-hybridized carbons (Fsp3) is 0.167. The van der Waals surface area contributed by atoms with Crippen LogP contribution in [0.2, 0.25) is 0 Å². The van der Waals surface area contributed by atoms with Crippen LogP contribution in [0.4, 0.5) is 4.39 Å². The van der Waals surface area contributed by atoms with Crippen molar-refractivity contribution in [3.8, 4) is 11.4 Å². The minimum Gasteiger partial charge on any atom is -0.464 e. The number of hydrogen-bond acceptors (Lipinski definition) is 4. The van der Waals surface area contributed by atoms with Crippen molar-refractivity contribution in [3.05, 3.63) is 72.3 Å². The first-order valence-electron chi connectivity index (χ1n) is 7.44. The summed E-state index contributed by atoms with van der Waals surface area (Å²) in [6.07, 6.45) is 2.14. The van der Waals surface area contributed by atoms with E-state index in [1.165, 1.54) is 12.1 Å². The molecule has 0 aliphatic carbocycles. The van der Waals surface area contributed by atoms with Gasteiger partial charge in [0.05, 0.1) is 17.1 Å². The van der Waals surface area contributed by atoms with Gasteiger partial charge >= 0.3 is 0 Å². The van der Waals surface area contributed by atoms with E-state index in [2.05, 4.69) is 15.2 Å². The monoisotopic (exact) mass is 327 g/mol. The van der Waals surface area contributed by atoms with Gasteiger partial charge in [-0.3, -0.25) is 14.9 Å². The van der Waals surface area contributed by atoms with Crippen LogP contribution in [0.15, 0.2) is 60.8 Å². The Morgan fingerprint density at radius 1 is 1.21 bits per heavy atom. The number of nitrogens with zero attached hydrogens (tertiary/aromatic N) is 2. The number of H-pyrrole nitrogens is 1. The number of hydrogen-bond donors (Lipinski definition) is 1. The van der Waals surface area contributed by atoms with E-state index in [0.29, 0.717) is 12.9 Å². The van der Waals surface area contributed by atoms with Gasteiger partial charge in [-0.05, 0) is 37.3 Å². The van der Waals surface area contributed by atoms with Crippen LogP contribution in [-0.2, 0) is 16.0 Å². The Hall–Kier alpha value is -3.02. The van der Waals surface area contributed by atoms with Crippen molar-refractivity contribution in [1.82, 2.24) is 15.2 Å². The quantitative estimate of drug-likeness (QED) is 0.729. The molecule has 1 N–H and O–H groups in total. The van der Waals surface area contributed by atoms with Crippen LogP contribution in [0.25, 0.3) is 11.4 Å². The highest BCUT2D eigenvalue weighted by atomic mass is 19.1. The van der Waals surface area contributed by atoms with Crippen LogP contribution >= 0.6 is 0 Å². The zero-order chi connectivity index (χ0) is 17.2. The minimum absolute atomic E-state index is 0.174. The van der Waals surface area contributed by atoms with Crippen molar-refractivity contribution in [2.45, 2.75) is 19.4 Å². The summed E-state index contributed by atoms with van der Waals surface area (Å²) in [6, 6.07) is 15.5. The third-order valence-electron chi connectivity index (χ3n) is 3.09. The normalized spacial score (nSPS) is 11.1. The topological polar surface area (TPSA) is 67.9 Å². The van der Waals surface area contributed by atoms with Crippen molar-refractivity contribution in [2.24, 2.45) is 0 Å². The van der Waals surface area contributed by atoms with E-state index in [1.807, 2.05) is 31.2 Å². The Labute approximate surface area is 139 Å². The second kappa shape index (κ2) is 9.19. The van der Waals surface area contributed by atoms with E-state index < -0.39 is 0 Å². The van der Waals surface area contributed by atoms with E-state index in [0.717, 1.165) is 17.1 Å². The molecule has 0 amide bonds. The number of aromatic nitrogens is 3. The molecule has 1 unspecified atom stereocenters. The maximum absolute atomic E-state index is 11.9. The van der Waals surface area contributed by atoms with Gasteiger partial charge < -0.3 is 4.74 Å². The van der Waals surface area contributed by atoms with E-state index >= 15 is 0 Å². The fourth-order valence-corrected chi connectivity index (χ4v) is 1.97. The molecule has 2 heterocycles. The van der Waals surface area contributed by atoms with Gasteiger partial charge in [0, 0.05) is 12.6 Å². The molecule has 0 spiro atoms. The Morgan fingerprint density at radius 2 is 1.96 bits per heavy atom. The lowest BCUT2D eigenvalue weighted by molar-refractivity contribution is -0.132. The summed E-state index contributed by atoms with van der Waals surface area (Å²) in [6.45, 7) is 2.28. The standard InChI is InChI=1S/C12H13N3O2.C6H5F/c1-9(17-8-16)6-10-7-12(15-14-10)11-4-2-3-5-13-11;7-6-4-2-1-3-5-6/h2-5,7-9H,6H2,1H3,(H,14,15);1-5H. The molecular formula is C18H18FN3O2. The first-order valence-corrected chi connectivity index (χ1v) is 7.44. The van der Waals surface area contributed by atoms with Gasteiger partial charge in [-0.2, -0.15) is 5.10 Å². The highest BCUT2D eigenvalue weighted by Gasteiger charge is 2.08. The number of nitrogens with one attached hydrogen (secondary N) is 1. The molecule has 3 rings (SSSR count). The average molecular weight is 327 g/mol. The van der Waals surface area contributed by atoms with Crippen molar-refractivity contribution in [1.29, 1.82) is 0 Å². The lowest BCUT2D eigenvalue weighted by Crippen LogP contribution is -2.10. The molecule has 0 saturated carbocycles. The zero-order valence-corrected chi connectivity index (χ0v) is 13.2. The molecule has 6 heteroatoms. The molecule has 3 aromatic rings. The number of halogens is 1. The highest BCUT2D eigenvalue weighted by molar-refractivity contribution is 5.53. The predicted octanol–water partition coefficient (Wildman–Crippen LogP) is 3.40. The molecule has 0 aliphatic rings. The number of carbonyl (C=O) groups excluding carboxylic acids is 1. The van der Waals surface area contributed by atoms with Crippen LogP contribution in [0, 0.1) is 5.82 Å². The summed E-state index contributed by atoms with van der Waals surface area (Å²) in [4.78, 5) is 14.4. The molecular weight excluding hydrogens is 309 g/mol. The van der Waals surface area contributed by atoms with Crippen LogP contribution in [0.3, 0.4) is 0 Å². The number of carbonyl (C=O) groups is 1. The molecule has 0 bridgehead atoms. The summed E-state index contributed by atoms with van der Waals surface area (Å²) in [7, 11) is 0. The van der Waals surface area contributed by atoms with Crippen molar-refractivity contribution in [3.63, 3.8) is 0 Å². The lowest BCUT2D eigenvalue weighted by atomic mass is 10.2. The first kappa shape index (κ1) is 17.3. The number of benzene rings is 1. The second-order valence-electron chi connectivity index (χ2n) is 5.03. The molecule has 1 aromatic carbocycles. The third-order valence-corrected chi connectivity index (χ3v) is 3.09. The van der Waals surface area contributed by atoms with Crippen LogP contribution in [0.5, 0.6) is 0 Å². The molecule has 0 radical (unpaired) electrons. The van der Waals surface area contributed by atoms with Gasteiger partial charge in [0.1, 0.15) is 11.9 Å². The van der Waals surface area contributed by atoms with Crippen LogP contribution in [-0.4, -0.2) is 27.8 Å². The average Bonchev–Trinajstić information content (AvgIpc) is 3.05. The molecule has 124 valence electrons. The Kier molecular flexibility index (Phi) is 6.64. The lowest BCUT2D eigenvalue weighted by Gasteiger charge is -2.05. The highest BCUT2D eigenvalue weighted by Crippen LogP contribution is 2.15. The smallest absolute Gasteiger partial charge is 0.293 e. The summed E-state index contributed by atoms with van der Waals surface area (Å²) < 4.78 is 16.7. The Bertz CT molecular complexity index is 732. The van der Waals surface area contributed by atoms with Gasteiger partial charge in [0.25, 0.3) is 6.47 Å². The van der Waals surface area contributed by atoms with E-state index in [4.69, 9.17) is 4.74 Å². The van der Waals surface area contributed by atoms with Gasteiger partial charge in [-0.1, -0.05) is 24.3 Å². The van der Waals surface area contributed by atoms with Crippen molar-refractivity contribution in [2.75, 3.05) is 0 Å². The van der Waals surface area contributed by atoms with Gasteiger partial charge in [0.2, 0.25) is 0 Å². The van der Waals surface area contributed by atoms with Gasteiger partial charge in [-0.15, -0.1) is 0 Å². The summed E-state index contributed by atoms with van der Waals surface area (Å²) in [5, 5.41) is 7.07. The van der Waals surface area contributed by atoms with Crippen LogP contribution in [0.1, 0.15) is 12.6 Å². The molecule has 5 nitrogen and oxygen atoms in total. The maximum Gasteiger partial charge on any atom is 0.293 e. The molecule has 24 heavy (non-hydrogen) atoms. The van der Waals surface area contributed by atoms with Crippen molar-refractivity contribution >= 4 is 6.47 Å². The minimum atomic E-state index is -0.178. The van der Waals surface area contributed by atoms with Gasteiger partial charge in [0.15, 0.2) is 0 Å². The zero-order valence-electron chi connectivity index (χ0n) is 13.2. The fourth-order valence-electron chi connectivity index (χ4n) is 1.97.